The van der Waals surface area contributed by atoms with Gasteiger partial charge in [0, 0.05) is 48.8 Å². The fraction of sp³-hybridized carbons (Fsp3) is 0.421. The third kappa shape index (κ3) is 2.59. The molecule has 2 N–H and O–H groups in total. The number of carbonyl (C=O) groups is 1. The molecule has 2 aliphatic rings. The lowest BCUT2D eigenvalue weighted by atomic mass is 9.97. The molecule has 1 amide bonds. The van der Waals surface area contributed by atoms with Crippen LogP contribution in [0.25, 0.3) is 10.9 Å². The van der Waals surface area contributed by atoms with E-state index in [9.17, 15) is 9.90 Å². The van der Waals surface area contributed by atoms with Crippen LogP contribution < -0.4 is 0 Å². The Labute approximate surface area is 150 Å². The van der Waals surface area contributed by atoms with Gasteiger partial charge in [-0.3, -0.25) is 4.79 Å². The van der Waals surface area contributed by atoms with Crippen molar-refractivity contribution in [1.82, 2.24) is 20.0 Å². The van der Waals surface area contributed by atoms with Gasteiger partial charge in [0.25, 0.3) is 5.91 Å². The van der Waals surface area contributed by atoms with E-state index in [1.807, 2.05) is 30.5 Å². The van der Waals surface area contributed by atoms with E-state index < -0.39 is 0 Å². The number of fused-ring (bicyclic) bond motifs is 1. The van der Waals surface area contributed by atoms with E-state index in [2.05, 4.69) is 15.1 Å². The zero-order chi connectivity index (χ0) is 17.7. The summed E-state index contributed by atoms with van der Waals surface area (Å²) in [6.45, 7) is 0.967. The molecule has 0 radical (unpaired) electrons. The van der Waals surface area contributed by atoms with Crippen molar-refractivity contribution in [2.75, 3.05) is 19.7 Å². The summed E-state index contributed by atoms with van der Waals surface area (Å²) in [6.07, 6.45) is 4.08. The first-order valence-electron chi connectivity index (χ1n) is 9.03. The van der Waals surface area contributed by atoms with E-state index in [1.54, 1.807) is 4.90 Å². The van der Waals surface area contributed by atoms with Crippen LogP contribution in [0, 0.1) is 5.92 Å². The van der Waals surface area contributed by atoms with Gasteiger partial charge in [-0.15, -0.1) is 0 Å². The normalized spacial score (nSPS) is 23.0. The molecular formula is C19H20N4O3. The van der Waals surface area contributed by atoms with Gasteiger partial charge >= 0.3 is 0 Å². The second-order valence-electron chi connectivity index (χ2n) is 7.30. The lowest BCUT2D eigenvalue weighted by molar-refractivity contribution is 0.0781. The lowest BCUT2D eigenvalue weighted by Gasteiger charge is -2.16. The molecule has 1 aliphatic heterocycles. The van der Waals surface area contributed by atoms with Crippen LogP contribution in [0.15, 0.2) is 35.0 Å². The van der Waals surface area contributed by atoms with Gasteiger partial charge in [-0.1, -0.05) is 11.2 Å². The SMILES string of the molecule is O=C(c1ccc2cc[nH]c2c1)N1CC(CO)C(c2nc(C3CC3)no2)C1. The number of aromatic nitrogens is 3. The van der Waals surface area contributed by atoms with Crippen molar-refractivity contribution in [2.45, 2.75) is 24.7 Å². The number of aliphatic hydroxyl groups excluding tert-OH is 1. The quantitative estimate of drug-likeness (QED) is 0.751. The largest absolute Gasteiger partial charge is 0.396 e. The van der Waals surface area contributed by atoms with Gasteiger partial charge in [-0.25, -0.2) is 0 Å². The van der Waals surface area contributed by atoms with Crippen LogP contribution in [0.1, 0.15) is 46.8 Å². The minimum atomic E-state index is -0.113. The molecule has 2 atom stereocenters. The maximum absolute atomic E-state index is 12.9. The number of rotatable bonds is 4. The topological polar surface area (TPSA) is 95.2 Å². The number of nitrogens with zero attached hydrogens (tertiary/aromatic N) is 3. The summed E-state index contributed by atoms with van der Waals surface area (Å²) >= 11 is 0. The molecule has 7 heteroatoms. The first kappa shape index (κ1) is 15.6. The van der Waals surface area contributed by atoms with Crippen molar-refractivity contribution in [3.8, 4) is 0 Å². The number of hydrogen-bond donors (Lipinski definition) is 2. The Morgan fingerprint density at radius 1 is 1.31 bits per heavy atom. The average molecular weight is 352 g/mol. The zero-order valence-electron chi connectivity index (χ0n) is 14.3. The van der Waals surface area contributed by atoms with Gasteiger partial charge < -0.3 is 19.5 Å². The van der Waals surface area contributed by atoms with E-state index in [0.717, 1.165) is 29.6 Å². The zero-order valence-corrected chi connectivity index (χ0v) is 14.3. The summed E-state index contributed by atoms with van der Waals surface area (Å²) in [7, 11) is 0. The fourth-order valence-electron chi connectivity index (χ4n) is 3.77. The minimum absolute atomic E-state index is 0.00868. The molecule has 1 aromatic carbocycles. The molecule has 3 aromatic rings. The Hall–Kier alpha value is -2.67. The molecule has 0 spiro atoms. The summed E-state index contributed by atoms with van der Waals surface area (Å²) in [5, 5.41) is 14.9. The molecule has 1 aliphatic carbocycles. The van der Waals surface area contributed by atoms with Crippen molar-refractivity contribution >= 4 is 16.8 Å². The molecule has 5 rings (SSSR count). The molecule has 2 fully saturated rings. The van der Waals surface area contributed by atoms with Crippen molar-refractivity contribution in [1.29, 1.82) is 0 Å². The summed E-state index contributed by atoms with van der Waals surface area (Å²) in [4.78, 5) is 22.4. The second-order valence-corrected chi connectivity index (χ2v) is 7.30. The lowest BCUT2D eigenvalue weighted by Crippen LogP contribution is -2.29. The Morgan fingerprint density at radius 2 is 2.19 bits per heavy atom. The van der Waals surface area contributed by atoms with Crippen molar-refractivity contribution < 1.29 is 14.4 Å². The summed E-state index contributed by atoms with van der Waals surface area (Å²) in [6, 6.07) is 7.63. The van der Waals surface area contributed by atoms with E-state index in [1.165, 1.54) is 0 Å². The van der Waals surface area contributed by atoms with Gasteiger partial charge in [0.2, 0.25) is 5.89 Å². The van der Waals surface area contributed by atoms with Gasteiger partial charge in [-0.2, -0.15) is 4.98 Å². The minimum Gasteiger partial charge on any atom is -0.396 e. The molecule has 26 heavy (non-hydrogen) atoms. The maximum atomic E-state index is 12.9. The number of H-pyrrole nitrogens is 1. The summed E-state index contributed by atoms with van der Waals surface area (Å²) in [5.74, 6) is 1.50. The van der Waals surface area contributed by atoms with Crippen LogP contribution >= 0.6 is 0 Å². The summed E-state index contributed by atoms with van der Waals surface area (Å²) < 4.78 is 5.45. The molecule has 134 valence electrons. The second kappa shape index (κ2) is 5.95. The van der Waals surface area contributed by atoms with Crippen LogP contribution in [-0.4, -0.2) is 50.7 Å². The number of aliphatic hydroxyl groups is 1. The molecule has 2 aromatic heterocycles. The first-order chi connectivity index (χ1) is 12.7. The van der Waals surface area contributed by atoms with E-state index in [4.69, 9.17) is 4.52 Å². The van der Waals surface area contributed by atoms with E-state index >= 15 is 0 Å². The highest BCUT2D eigenvalue weighted by molar-refractivity contribution is 5.98. The highest BCUT2D eigenvalue weighted by Gasteiger charge is 2.40. The third-order valence-corrected chi connectivity index (χ3v) is 5.48. The smallest absolute Gasteiger partial charge is 0.253 e. The van der Waals surface area contributed by atoms with Crippen LogP contribution in [0.2, 0.25) is 0 Å². The highest BCUT2D eigenvalue weighted by atomic mass is 16.5. The Balaban J connectivity index is 1.38. The Kier molecular flexibility index (Phi) is 3.56. The van der Waals surface area contributed by atoms with Crippen molar-refractivity contribution in [3.05, 3.63) is 47.7 Å². The molecule has 1 saturated heterocycles. The maximum Gasteiger partial charge on any atom is 0.253 e. The standard InChI is InChI=1S/C19H20N4O3/c24-10-14-8-23(9-15(14)18-21-17(22-26-18)12-2-3-12)19(25)13-4-1-11-5-6-20-16(11)7-13/h1,4-7,12,14-15,20,24H,2-3,8-10H2. The van der Waals surface area contributed by atoms with Crippen LogP contribution in [0.3, 0.4) is 0 Å². The molecular weight excluding hydrogens is 332 g/mol. The van der Waals surface area contributed by atoms with Gasteiger partial charge in [-0.05, 0) is 36.4 Å². The molecule has 2 unspecified atom stereocenters. The van der Waals surface area contributed by atoms with E-state index in [0.29, 0.717) is 30.5 Å². The Morgan fingerprint density at radius 3 is 3.00 bits per heavy atom. The van der Waals surface area contributed by atoms with Gasteiger partial charge in [0.1, 0.15) is 0 Å². The molecule has 1 saturated carbocycles. The van der Waals surface area contributed by atoms with E-state index in [-0.39, 0.29) is 24.3 Å². The van der Waals surface area contributed by atoms with Crippen molar-refractivity contribution in [3.63, 3.8) is 0 Å². The fourth-order valence-corrected chi connectivity index (χ4v) is 3.77. The predicted octanol–water partition coefficient (Wildman–Crippen LogP) is 2.28. The van der Waals surface area contributed by atoms with Crippen LogP contribution in [0.4, 0.5) is 0 Å². The molecule has 0 bridgehead atoms. The van der Waals surface area contributed by atoms with Crippen LogP contribution in [-0.2, 0) is 0 Å². The van der Waals surface area contributed by atoms with Gasteiger partial charge in [0.15, 0.2) is 5.82 Å². The Bertz CT molecular complexity index is 959. The number of benzene rings is 1. The molecule has 3 heterocycles. The number of carbonyl (C=O) groups excluding carboxylic acids is 1. The third-order valence-electron chi connectivity index (χ3n) is 5.48. The number of hydrogen-bond acceptors (Lipinski definition) is 5. The van der Waals surface area contributed by atoms with Gasteiger partial charge in [0.05, 0.1) is 5.92 Å². The first-order valence-corrected chi connectivity index (χ1v) is 9.03. The number of amides is 1. The molecule has 7 nitrogen and oxygen atoms in total. The van der Waals surface area contributed by atoms with Crippen molar-refractivity contribution in [2.24, 2.45) is 5.92 Å². The monoisotopic (exact) mass is 352 g/mol. The summed E-state index contributed by atoms with van der Waals surface area (Å²) in [5.41, 5.74) is 1.58. The predicted molar refractivity (Wildman–Crippen MR) is 93.8 cm³/mol. The van der Waals surface area contributed by atoms with Crippen LogP contribution in [0.5, 0.6) is 0 Å². The average Bonchev–Trinajstić information content (AvgIpc) is 3.10. The number of aromatic amines is 1. The highest BCUT2D eigenvalue weighted by Crippen LogP contribution is 2.40. The number of likely N-dealkylation sites (tertiary alicyclic amines) is 1. The number of nitrogens with one attached hydrogen (secondary N) is 1.